The monoisotopic (exact) mass is 342 g/mol. The summed E-state index contributed by atoms with van der Waals surface area (Å²) < 4.78 is 10.3. The van der Waals surface area contributed by atoms with Crippen molar-refractivity contribution in [2.75, 3.05) is 25.6 Å². The maximum atomic E-state index is 12.0. The lowest BCUT2D eigenvalue weighted by Gasteiger charge is -2.16. The summed E-state index contributed by atoms with van der Waals surface area (Å²) in [6, 6.07) is 15.8. The minimum absolute atomic E-state index is 0.224. The first-order valence-electron chi connectivity index (χ1n) is 8.03. The Balaban J connectivity index is 1.86. The summed E-state index contributed by atoms with van der Waals surface area (Å²) in [4.78, 5) is 23.6. The largest absolute Gasteiger partial charge is 0.462 e. The van der Waals surface area contributed by atoms with Gasteiger partial charge in [0, 0.05) is 19.3 Å². The van der Waals surface area contributed by atoms with Gasteiger partial charge >= 0.3 is 12.0 Å². The number of carbonyl (C=O) groups is 2. The SMILES string of the molecule is CCOC(=O)c1ccc(NC(=O)NCC(OC)c2ccccc2)cc1. The van der Waals surface area contributed by atoms with E-state index >= 15 is 0 Å². The van der Waals surface area contributed by atoms with Crippen LogP contribution in [0.2, 0.25) is 0 Å². The van der Waals surface area contributed by atoms with Crippen LogP contribution in [0.1, 0.15) is 28.9 Å². The fourth-order valence-electron chi connectivity index (χ4n) is 2.27. The van der Waals surface area contributed by atoms with Crippen molar-refractivity contribution in [2.24, 2.45) is 0 Å². The predicted octanol–water partition coefficient (Wildman–Crippen LogP) is 3.37. The second kappa shape index (κ2) is 9.44. The van der Waals surface area contributed by atoms with E-state index in [1.807, 2.05) is 30.3 Å². The molecule has 2 aromatic carbocycles. The molecule has 132 valence electrons. The van der Waals surface area contributed by atoms with Crippen molar-refractivity contribution in [3.05, 3.63) is 65.7 Å². The van der Waals surface area contributed by atoms with Crippen LogP contribution in [0.25, 0.3) is 0 Å². The van der Waals surface area contributed by atoms with Crippen LogP contribution in [-0.4, -0.2) is 32.3 Å². The molecule has 0 aliphatic rings. The van der Waals surface area contributed by atoms with Gasteiger partial charge in [-0.3, -0.25) is 0 Å². The molecule has 2 N–H and O–H groups in total. The van der Waals surface area contributed by atoms with E-state index < -0.39 is 0 Å². The van der Waals surface area contributed by atoms with Gasteiger partial charge in [0.25, 0.3) is 0 Å². The molecule has 0 saturated carbocycles. The van der Waals surface area contributed by atoms with Crippen molar-refractivity contribution in [1.82, 2.24) is 5.32 Å². The smallest absolute Gasteiger partial charge is 0.338 e. The number of carbonyl (C=O) groups excluding carboxylic acids is 2. The first-order chi connectivity index (χ1) is 12.1. The van der Waals surface area contributed by atoms with Crippen molar-refractivity contribution in [3.8, 4) is 0 Å². The van der Waals surface area contributed by atoms with E-state index in [1.54, 1.807) is 38.3 Å². The molecule has 25 heavy (non-hydrogen) atoms. The third kappa shape index (κ3) is 5.61. The number of rotatable bonds is 7. The summed E-state index contributed by atoms with van der Waals surface area (Å²) >= 11 is 0. The molecule has 2 rings (SSSR count). The fourth-order valence-corrected chi connectivity index (χ4v) is 2.27. The molecular formula is C19H22N2O4. The maximum Gasteiger partial charge on any atom is 0.338 e. The summed E-state index contributed by atoms with van der Waals surface area (Å²) in [5.41, 5.74) is 2.01. The summed E-state index contributed by atoms with van der Waals surface area (Å²) in [6.07, 6.45) is -0.224. The van der Waals surface area contributed by atoms with Crippen LogP contribution in [0.3, 0.4) is 0 Å². The lowest BCUT2D eigenvalue weighted by atomic mass is 10.1. The number of methoxy groups -OCH3 is 1. The number of esters is 1. The molecule has 0 aliphatic carbocycles. The number of anilines is 1. The third-order valence-electron chi connectivity index (χ3n) is 3.56. The molecule has 6 nitrogen and oxygen atoms in total. The molecule has 0 aliphatic heterocycles. The Labute approximate surface area is 147 Å². The quantitative estimate of drug-likeness (QED) is 0.756. The Morgan fingerprint density at radius 2 is 1.72 bits per heavy atom. The van der Waals surface area contributed by atoms with Crippen molar-refractivity contribution in [3.63, 3.8) is 0 Å². The highest BCUT2D eigenvalue weighted by Crippen LogP contribution is 2.15. The summed E-state index contributed by atoms with van der Waals surface area (Å²) in [7, 11) is 1.60. The van der Waals surface area contributed by atoms with E-state index in [4.69, 9.17) is 9.47 Å². The second-order valence-electron chi connectivity index (χ2n) is 5.27. The number of urea groups is 1. The highest BCUT2D eigenvalue weighted by molar-refractivity contribution is 5.92. The minimum atomic E-state index is -0.385. The van der Waals surface area contributed by atoms with Crippen LogP contribution in [0.5, 0.6) is 0 Å². The molecule has 2 aromatic rings. The molecule has 6 heteroatoms. The predicted molar refractivity (Wildman–Crippen MR) is 95.6 cm³/mol. The molecule has 2 amide bonds. The Kier molecular flexibility index (Phi) is 6.98. The van der Waals surface area contributed by atoms with E-state index in [2.05, 4.69) is 10.6 Å². The zero-order valence-corrected chi connectivity index (χ0v) is 14.3. The van der Waals surface area contributed by atoms with Gasteiger partial charge in [-0.15, -0.1) is 0 Å². The van der Waals surface area contributed by atoms with Gasteiger partial charge in [0.2, 0.25) is 0 Å². The van der Waals surface area contributed by atoms with Gasteiger partial charge in [-0.05, 0) is 36.8 Å². The number of hydrogen-bond donors (Lipinski definition) is 2. The van der Waals surface area contributed by atoms with Crippen LogP contribution in [-0.2, 0) is 9.47 Å². The Hall–Kier alpha value is -2.86. The molecule has 1 atom stereocenters. The van der Waals surface area contributed by atoms with E-state index in [-0.39, 0.29) is 18.1 Å². The lowest BCUT2D eigenvalue weighted by molar-refractivity contribution is 0.0526. The van der Waals surface area contributed by atoms with Gasteiger partial charge in [-0.1, -0.05) is 30.3 Å². The molecule has 0 aromatic heterocycles. The third-order valence-corrected chi connectivity index (χ3v) is 3.56. The zero-order chi connectivity index (χ0) is 18.1. The fraction of sp³-hybridized carbons (Fsp3) is 0.263. The second-order valence-corrected chi connectivity index (χ2v) is 5.27. The molecule has 0 fully saturated rings. The van der Waals surface area contributed by atoms with E-state index in [9.17, 15) is 9.59 Å². The number of nitrogens with one attached hydrogen (secondary N) is 2. The summed E-state index contributed by atoms with van der Waals surface area (Å²) in [5, 5.41) is 5.48. The Morgan fingerprint density at radius 3 is 2.32 bits per heavy atom. The number of amides is 2. The molecule has 0 radical (unpaired) electrons. The van der Waals surface area contributed by atoms with Crippen LogP contribution in [0, 0.1) is 0 Å². The molecular weight excluding hydrogens is 320 g/mol. The molecule has 0 spiro atoms. The average Bonchev–Trinajstić information content (AvgIpc) is 2.64. The number of ether oxygens (including phenoxy) is 2. The minimum Gasteiger partial charge on any atom is -0.462 e. The van der Waals surface area contributed by atoms with Crippen LogP contribution in [0.15, 0.2) is 54.6 Å². The number of hydrogen-bond acceptors (Lipinski definition) is 4. The molecule has 0 saturated heterocycles. The first-order valence-corrected chi connectivity index (χ1v) is 8.03. The van der Waals surface area contributed by atoms with Crippen molar-refractivity contribution < 1.29 is 19.1 Å². The van der Waals surface area contributed by atoms with E-state index in [0.29, 0.717) is 24.4 Å². The van der Waals surface area contributed by atoms with Crippen molar-refractivity contribution in [1.29, 1.82) is 0 Å². The van der Waals surface area contributed by atoms with Gasteiger partial charge < -0.3 is 20.1 Å². The maximum absolute atomic E-state index is 12.0. The van der Waals surface area contributed by atoms with Gasteiger partial charge in [-0.2, -0.15) is 0 Å². The van der Waals surface area contributed by atoms with Gasteiger partial charge in [0.1, 0.15) is 0 Å². The highest BCUT2D eigenvalue weighted by atomic mass is 16.5. The van der Waals surface area contributed by atoms with E-state index in [0.717, 1.165) is 5.56 Å². The Morgan fingerprint density at radius 1 is 1.04 bits per heavy atom. The van der Waals surface area contributed by atoms with Gasteiger partial charge in [0.05, 0.1) is 18.3 Å². The normalized spacial score (nSPS) is 11.4. The Bertz CT molecular complexity index is 686. The van der Waals surface area contributed by atoms with E-state index in [1.165, 1.54) is 0 Å². The summed E-state index contributed by atoms with van der Waals surface area (Å²) in [5.74, 6) is -0.385. The van der Waals surface area contributed by atoms with Gasteiger partial charge in [-0.25, -0.2) is 9.59 Å². The molecule has 0 heterocycles. The molecule has 0 bridgehead atoms. The highest BCUT2D eigenvalue weighted by Gasteiger charge is 2.12. The lowest BCUT2D eigenvalue weighted by Crippen LogP contribution is -2.32. The summed E-state index contributed by atoms with van der Waals surface area (Å²) in [6.45, 7) is 2.41. The first kappa shape index (κ1) is 18.5. The number of benzene rings is 2. The van der Waals surface area contributed by atoms with Crippen LogP contribution >= 0.6 is 0 Å². The average molecular weight is 342 g/mol. The molecule has 1 unspecified atom stereocenters. The van der Waals surface area contributed by atoms with Crippen molar-refractivity contribution in [2.45, 2.75) is 13.0 Å². The van der Waals surface area contributed by atoms with Crippen molar-refractivity contribution >= 4 is 17.7 Å². The van der Waals surface area contributed by atoms with Gasteiger partial charge in [0.15, 0.2) is 0 Å². The zero-order valence-electron chi connectivity index (χ0n) is 14.3. The van der Waals surface area contributed by atoms with Crippen LogP contribution in [0.4, 0.5) is 10.5 Å². The standard InChI is InChI=1S/C19H22N2O4/c1-3-25-18(22)15-9-11-16(12-10-15)21-19(23)20-13-17(24-2)14-7-5-4-6-8-14/h4-12,17H,3,13H2,1-2H3,(H2,20,21,23). The van der Waals surface area contributed by atoms with Crippen LogP contribution < -0.4 is 10.6 Å². The topological polar surface area (TPSA) is 76.7 Å².